The third-order valence-corrected chi connectivity index (χ3v) is 3.23. The van der Waals surface area contributed by atoms with Crippen molar-refractivity contribution in [1.82, 2.24) is 19.7 Å². The third kappa shape index (κ3) is 1.72. The highest BCUT2D eigenvalue weighted by Gasteiger charge is 2.09. The topological polar surface area (TPSA) is 43.6 Å². The Morgan fingerprint density at radius 3 is 2.88 bits per heavy atom. The zero-order valence-corrected chi connectivity index (χ0v) is 10.7. The van der Waals surface area contributed by atoms with Crippen molar-refractivity contribution in [3.8, 4) is 11.3 Å². The van der Waals surface area contributed by atoms with Gasteiger partial charge in [-0.05, 0) is 22.0 Å². The lowest BCUT2D eigenvalue weighted by Crippen LogP contribution is -1.89. The van der Waals surface area contributed by atoms with Gasteiger partial charge in [0, 0.05) is 28.7 Å². The van der Waals surface area contributed by atoms with Crippen LogP contribution in [0.25, 0.3) is 22.2 Å². The van der Waals surface area contributed by atoms with E-state index in [1.165, 1.54) is 0 Å². The highest BCUT2D eigenvalue weighted by atomic mass is 79.9. The Morgan fingerprint density at radius 2 is 2.12 bits per heavy atom. The summed E-state index contributed by atoms with van der Waals surface area (Å²) in [5.41, 5.74) is 2.82. The number of hydrogen-bond donors (Lipinski definition) is 0. The first kappa shape index (κ1) is 10.4. The van der Waals surface area contributed by atoms with E-state index in [1.807, 2.05) is 37.6 Å². The summed E-state index contributed by atoms with van der Waals surface area (Å²) in [6, 6.07) is 5.97. The zero-order valence-electron chi connectivity index (χ0n) is 9.13. The number of halogens is 1. The number of hydrogen-bond acceptors (Lipinski definition) is 3. The summed E-state index contributed by atoms with van der Waals surface area (Å²) >= 11 is 3.50. The summed E-state index contributed by atoms with van der Waals surface area (Å²) in [7, 11) is 1.89. The predicted molar refractivity (Wildman–Crippen MR) is 69.4 cm³/mol. The lowest BCUT2D eigenvalue weighted by Gasteiger charge is -2.03. The molecular weight excluding hydrogens is 280 g/mol. The van der Waals surface area contributed by atoms with Gasteiger partial charge in [0.05, 0.1) is 17.4 Å². The molecule has 0 amide bonds. The third-order valence-electron chi connectivity index (χ3n) is 2.59. The van der Waals surface area contributed by atoms with Gasteiger partial charge in [-0.2, -0.15) is 5.10 Å². The molecule has 2 aromatic heterocycles. The standard InChI is InChI=1S/C12H9BrN4/c1-17-6-8(5-16-17)11-9-3-2-4-10(13)12(9)15-7-14-11/h2-7H,1H3. The van der Waals surface area contributed by atoms with Gasteiger partial charge in [-0.1, -0.05) is 12.1 Å². The van der Waals surface area contributed by atoms with Crippen molar-refractivity contribution in [2.75, 3.05) is 0 Å². The first-order valence-corrected chi connectivity index (χ1v) is 5.93. The maximum absolute atomic E-state index is 4.35. The number of rotatable bonds is 1. The van der Waals surface area contributed by atoms with Gasteiger partial charge >= 0.3 is 0 Å². The van der Waals surface area contributed by atoms with Crippen LogP contribution in [-0.4, -0.2) is 19.7 Å². The Kier molecular flexibility index (Phi) is 2.40. The molecule has 0 aliphatic carbocycles. The second kappa shape index (κ2) is 3.92. The molecule has 1 aromatic carbocycles. The Hall–Kier alpha value is -1.75. The molecule has 0 fully saturated rings. The Balaban J connectivity index is 2.34. The van der Waals surface area contributed by atoms with Crippen LogP contribution >= 0.6 is 15.9 Å². The Morgan fingerprint density at radius 1 is 1.24 bits per heavy atom. The van der Waals surface area contributed by atoms with Crippen LogP contribution in [0.4, 0.5) is 0 Å². The van der Waals surface area contributed by atoms with Gasteiger partial charge < -0.3 is 0 Å². The summed E-state index contributed by atoms with van der Waals surface area (Å²) in [5, 5.41) is 5.19. The predicted octanol–water partition coefficient (Wildman–Crippen LogP) is 2.79. The second-order valence-electron chi connectivity index (χ2n) is 3.76. The quantitative estimate of drug-likeness (QED) is 0.692. The fraction of sp³-hybridized carbons (Fsp3) is 0.0833. The smallest absolute Gasteiger partial charge is 0.116 e. The van der Waals surface area contributed by atoms with E-state index in [0.717, 1.165) is 26.6 Å². The van der Waals surface area contributed by atoms with Crippen LogP contribution in [0, 0.1) is 0 Å². The molecule has 17 heavy (non-hydrogen) atoms. The fourth-order valence-electron chi connectivity index (χ4n) is 1.83. The monoisotopic (exact) mass is 288 g/mol. The lowest BCUT2D eigenvalue weighted by molar-refractivity contribution is 0.768. The molecule has 84 valence electrons. The van der Waals surface area contributed by atoms with Gasteiger partial charge in [-0.25, -0.2) is 9.97 Å². The molecule has 0 N–H and O–H groups in total. The molecule has 0 aliphatic heterocycles. The Labute approximate surface area is 106 Å². The van der Waals surface area contributed by atoms with Gasteiger partial charge in [0.1, 0.15) is 6.33 Å². The highest BCUT2D eigenvalue weighted by Crippen LogP contribution is 2.28. The van der Waals surface area contributed by atoms with E-state index in [1.54, 1.807) is 11.0 Å². The summed E-state index contributed by atoms with van der Waals surface area (Å²) in [6.45, 7) is 0. The minimum Gasteiger partial charge on any atom is -0.275 e. The van der Waals surface area contributed by atoms with Gasteiger partial charge in [0.15, 0.2) is 0 Å². The van der Waals surface area contributed by atoms with E-state index in [4.69, 9.17) is 0 Å². The summed E-state index contributed by atoms with van der Waals surface area (Å²) in [4.78, 5) is 8.63. The molecule has 3 rings (SSSR count). The number of fused-ring (bicyclic) bond motifs is 1. The van der Waals surface area contributed by atoms with Crippen molar-refractivity contribution in [3.05, 3.63) is 41.4 Å². The fourth-order valence-corrected chi connectivity index (χ4v) is 2.29. The Bertz CT molecular complexity index is 690. The van der Waals surface area contributed by atoms with Gasteiger partial charge in [-0.15, -0.1) is 0 Å². The molecule has 0 bridgehead atoms. The number of nitrogens with zero attached hydrogens (tertiary/aromatic N) is 4. The van der Waals surface area contributed by atoms with Crippen LogP contribution < -0.4 is 0 Å². The first-order chi connectivity index (χ1) is 8.25. The molecule has 0 atom stereocenters. The maximum Gasteiger partial charge on any atom is 0.116 e. The van der Waals surface area contributed by atoms with Gasteiger partial charge in [0.25, 0.3) is 0 Å². The largest absolute Gasteiger partial charge is 0.275 e. The van der Waals surface area contributed by atoms with Crippen LogP contribution in [0.1, 0.15) is 0 Å². The molecule has 3 aromatic rings. The van der Waals surface area contributed by atoms with Crippen LogP contribution in [0.15, 0.2) is 41.4 Å². The molecule has 4 nitrogen and oxygen atoms in total. The molecule has 0 radical (unpaired) electrons. The first-order valence-electron chi connectivity index (χ1n) is 5.14. The van der Waals surface area contributed by atoms with Crippen LogP contribution in [-0.2, 0) is 7.05 Å². The van der Waals surface area contributed by atoms with E-state index in [-0.39, 0.29) is 0 Å². The number of benzene rings is 1. The van der Waals surface area contributed by atoms with E-state index < -0.39 is 0 Å². The summed E-state index contributed by atoms with van der Waals surface area (Å²) in [6.07, 6.45) is 5.33. The maximum atomic E-state index is 4.35. The van der Waals surface area contributed by atoms with E-state index in [0.29, 0.717) is 0 Å². The molecule has 0 saturated carbocycles. The van der Waals surface area contributed by atoms with Crippen molar-refractivity contribution < 1.29 is 0 Å². The van der Waals surface area contributed by atoms with E-state index in [9.17, 15) is 0 Å². The minimum atomic E-state index is 0.907. The van der Waals surface area contributed by atoms with Crippen molar-refractivity contribution in [3.63, 3.8) is 0 Å². The van der Waals surface area contributed by atoms with E-state index in [2.05, 4.69) is 31.0 Å². The average Bonchev–Trinajstić information content (AvgIpc) is 2.76. The van der Waals surface area contributed by atoms with Crippen molar-refractivity contribution in [1.29, 1.82) is 0 Å². The van der Waals surface area contributed by atoms with Crippen LogP contribution in [0.5, 0.6) is 0 Å². The summed E-state index contributed by atoms with van der Waals surface area (Å²) in [5.74, 6) is 0. The van der Waals surface area contributed by atoms with Crippen LogP contribution in [0.3, 0.4) is 0 Å². The number of para-hydroxylation sites is 1. The molecule has 0 unspecified atom stereocenters. The molecule has 0 spiro atoms. The normalized spacial score (nSPS) is 10.9. The second-order valence-corrected chi connectivity index (χ2v) is 4.62. The minimum absolute atomic E-state index is 0.907. The molecular formula is C12H9BrN4. The summed E-state index contributed by atoms with van der Waals surface area (Å²) < 4.78 is 2.74. The van der Waals surface area contributed by atoms with Crippen molar-refractivity contribution in [2.45, 2.75) is 0 Å². The SMILES string of the molecule is Cn1cc(-c2ncnc3c(Br)cccc23)cn1. The average molecular weight is 289 g/mol. The van der Waals surface area contributed by atoms with Crippen LogP contribution in [0.2, 0.25) is 0 Å². The van der Waals surface area contributed by atoms with Gasteiger partial charge in [-0.3, -0.25) is 4.68 Å². The molecule has 2 heterocycles. The molecule has 5 heteroatoms. The highest BCUT2D eigenvalue weighted by molar-refractivity contribution is 9.10. The van der Waals surface area contributed by atoms with Gasteiger partial charge in [0.2, 0.25) is 0 Å². The van der Waals surface area contributed by atoms with Crippen molar-refractivity contribution in [2.24, 2.45) is 7.05 Å². The molecule has 0 aliphatic rings. The lowest BCUT2D eigenvalue weighted by atomic mass is 10.1. The number of aryl methyl sites for hydroxylation is 1. The van der Waals surface area contributed by atoms with E-state index >= 15 is 0 Å². The zero-order chi connectivity index (χ0) is 11.8. The molecule has 0 saturated heterocycles. The van der Waals surface area contributed by atoms with Crippen molar-refractivity contribution >= 4 is 26.8 Å². The number of aromatic nitrogens is 4.